The van der Waals surface area contributed by atoms with E-state index in [0.29, 0.717) is 11.3 Å². The van der Waals surface area contributed by atoms with Gasteiger partial charge in [0.1, 0.15) is 0 Å². The molecule has 2 rings (SSSR count). The zero-order valence-electron chi connectivity index (χ0n) is 10.7. The molecule has 1 saturated carbocycles. The Bertz CT molecular complexity index is 270. The zero-order valence-corrected chi connectivity index (χ0v) is 10.7. The topological polar surface area (TPSA) is 35.2 Å². The van der Waals surface area contributed by atoms with E-state index in [4.69, 9.17) is 10.5 Å². The van der Waals surface area contributed by atoms with Crippen LogP contribution in [0.25, 0.3) is 0 Å². The third-order valence-electron chi connectivity index (χ3n) is 4.41. The first-order valence-corrected chi connectivity index (χ1v) is 6.67. The van der Waals surface area contributed by atoms with E-state index in [0.717, 1.165) is 19.4 Å². The van der Waals surface area contributed by atoms with Crippen molar-refractivity contribution in [3.8, 4) is 0 Å². The van der Waals surface area contributed by atoms with Crippen LogP contribution in [-0.4, -0.2) is 12.6 Å². The Morgan fingerprint density at radius 2 is 2.19 bits per heavy atom. The summed E-state index contributed by atoms with van der Waals surface area (Å²) in [5.74, 6) is 0.634. The molecular weight excluding hydrogens is 198 g/mol. The molecule has 0 radical (unpaired) electrons. The Morgan fingerprint density at radius 3 is 2.81 bits per heavy atom. The maximum absolute atomic E-state index is 6.45. The SMILES string of the molecule is CC1(C)CCCCC1C(N)C1=COCCC1. The lowest BCUT2D eigenvalue weighted by Crippen LogP contribution is -2.43. The fraction of sp³-hybridized carbons (Fsp3) is 0.857. The molecule has 16 heavy (non-hydrogen) atoms. The van der Waals surface area contributed by atoms with Crippen LogP contribution in [0.4, 0.5) is 0 Å². The normalized spacial score (nSPS) is 31.4. The minimum Gasteiger partial charge on any atom is -0.501 e. The maximum Gasteiger partial charge on any atom is 0.0876 e. The van der Waals surface area contributed by atoms with E-state index in [1.54, 1.807) is 0 Å². The van der Waals surface area contributed by atoms with Crippen molar-refractivity contribution < 1.29 is 4.74 Å². The molecular formula is C14H25NO. The van der Waals surface area contributed by atoms with Gasteiger partial charge in [0.2, 0.25) is 0 Å². The van der Waals surface area contributed by atoms with Crippen molar-refractivity contribution in [1.82, 2.24) is 0 Å². The van der Waals surface area contributed by atoms with E-state index in [1.807, 2.05) is 6.26 Å². The summed E-state index contributed by atoms with van der Waals surface area (Å²) >= 11 is 0. The highest BCUT2D eigenvalue weighted by Gasteiger charge is 2.37. The molecule has 0 amide bonds. The van der Waals surface area contributed by atoms with E-state index in [1.165, 1.54) is 31.3 Å². The second kappa shape index (κ2) is 4.79. The fourth-order valence-electron chi connectivity index (χ4n) is 3.27. The number of rotatable bonds is 2. The highest BCUT2D eigenvalue weighted by atomic mass is 16.5. The van der Waals surface area contributed by atoms with Gasteiger partial charge in [-0.15, -0.1) is 0 Å². The lowest BCUT2D eigenvalue weighted by atomic mass is 9.64. The molecule has 2 aliphatic rings. The van der Waals surface area contributed by atoms with E-state index >= 15 is 0 Å². The van der Waals surface area contributed by atoms with Crippen molar-refractivity contribution in [3.05, 3.63) is 11.8 Å². The summed E-state index contributed by atoms with van der Waals surface area (Å²) in [7, 11) is 0. The van der Waals surface area contributed by atoms with Crippen molar-refractivity contribution in [1.29, 1.82) is 0 Å². The van der Waals surface area contributed by atoms with E-state index < -0.39 is 0 Å². The van der Waals surface area contributed by atoms with Crippen molar-refractivity contribution in [2.75, 3.05) is 6.61 Å². The van der Waals surface area contributed by atoms with Crippen LogP contribution in [0.1, 0.15) is 52.4 Å². The zero-order chi connectivity index (χ0) is 11.6. The minimum absolute atomic E-state index is 0.218. The first-order valence-electron chi connectivity index (χ1n) is 6.67. The second-order valence-corrected chi connectivity index (χ2v) is 6.03. The van der Waals surface area contributed by atoms with E-state index in [2.05, 4.69) is 13.8 Å². The summed E-state index contributed by atoms with van der Waals surface area (Å²) in [6, 6.07) is 0.218. The molecule has 0 aromatic rings. The summed E-state index contributed by atoms with van der Waals surface area (Å²) in [5, 5.41) is 0. The van der Waals surface area contributed by atoms with Crippen LogP contribution >= 0.6 is 0 Å². The second-order valence-electron chi connectivity index (χ2n) is 6.03. The van der Waals surface area contributed by atoms with Crippen LogP contribution in [0.15, 0.2) is 11.8 Å². The van der Waals surface area contributed by atoms with Crippen LogP contribution < -0.4 is 5.73 Å². The third-order valence-corrected chi connectivity index (χ3v) is 4.41. The van der Waals surface area contributed by atoms with Gasteiger partial charge in [0.25, 0.3) is 0 Å². The molecule has 2 N–H and O–H groups in total. The lowest BCUT2D eigenvalue weighted by Gasteiger charge is -2.43. The van der Waals surface area contributed by atoms with Gasteiger partial charge in [0.15, 0.2) is 0 Å². The first-order chi connectivity index (χ1) is 7.61. The highest BCUT2D eigenvalue weighted by Crippen LogP contribution is 2.43. The molecule has 1 aliphatic heterocycles. The Labute approximate surface area is 99.2 Å². The molecule has 0 saturated heterocycles. The fourth-order valence-corrected chi connectivity index (χ4v) is 3.27. The van der Waals surface area contributed by atoms with Crippen molar-refractivity contribution in [3.63, 3.8) is 0 Å². The Balaban J connectivity index is 2.07. The van der Waals surface area contributed by atoms with E-state index in [9.17, 15) is 0 Å². The molecule has 2 atom stereocenters. The molecule has 0 aromatic heterocycles. The molecule has 1 fully saturated rings. The summed E-state index contributed by atoms with van der Waals surface area (Å²) in [6.45, 7) is 5.62. The standard InChI is InChI=1S/C14H25NO/c1-14(2)8-4-3-7-12(14)13(15)11-6-5-9-16-10-11/h10,12-13H,3-9,15H2,1-2H3. The predicted molar refractivity (Wildman–Crippen MR) is 67.0 cm³/mol. The predicted octanol–water partition coefficient (Wildman–Crippen LogP) is 3.22. The van der Waals surface area contributed by atoms with Crippen LogP contribution in [0.5, 0.6) is 0 Å². The Kier molecular flexibility index (Phi) is 3.58. The largest absolute Gasteiger partial charge is 0.501 e. The van der Waals surface area contributed by atoms with Gasteiger partial charge < -0.3 is 10.5 Å². The molecule has 2 unspecified atom stereocenters. The minimum atomic E-state index is 0.218. The number of ether oxygens (including phenoxy) is 1. The average Bonchev–Trinajstić information content (AvgIpc) is 2.29. The van der Waals surface area contributed by atoms with Gasteiger partial charge in [-0.1, -0.05) is 26.7 Å². The third kappa shape index (κ3) is 2.42. The van der Waals surface area contributed by atoms with Gasteiger partial charge in [-0.2, -0.15) is 0 Å². The molecule has 2 nitrogen and oxygen atoms in total. The number of hydrogen-bond donors (Lipinski definition) is 1. The average molecular weight is 223 g/mol. The van der Waals surface area contributed by atoms with Crippen molar-refractivity contribution in [2.45, 2.75) is 58.4 Å². The molecule has 0 aromatic carbocycles. The molecule has 2 heteroatoms. The Hall–Kier alpha value is -0.500. The smallest absolute Gasteiger partial charge is 0.0876 e. The highest BCUT2D eigenvalue weighted by molar-refractivity contribution is 5.13. The molecule has 1 heterocycles. The summed E-state index contributed by atoms with van der Waals surface area (Å²) in [4.78, 5) is 0. The van der Waals surface area contributed by atoms with Crippen LogP contribution in [0.3, 0.4) is 0 Å². The number of nitrogens with two attached hydrogens (primary N) is 1. The van der Waals surface area contributed by atoms with Gasteiger partial charge in [-0.05, 0) is 42.6 Å². The monoisotopic (exact) mass is 223 g/mol. The Morgan fingerprint density at radius 1 is 1.38 bits per heavy atom. The van der Waals surface area contributed by atoms with Gasteiger partial charge in [0, 0.05) is 6.04 Å². The maximum atomic E-state index is 6.45. The van der Waals surface area contributed by atoms with Crippen LogP contribution in [0, 0.1) is 11.3 Å². The first kappa shape index (κ1) is 12.0. The quantitative estimate of drug-likeness (QED) is 0.780. The van der Waals surface area contributed by atoms with Crippen LogP contribution in [0.2, 0.25) is 0 Å². The van der Waals surface area contributed by atoms with E-state index in [-0.39, 0.29) is 6.04 Å². The van der Waals surface area contributed by atoms with Gasteiger partial charge in [-0.3, -0.25) is 0 Å². The van der Waals surface area contributed by atoms with Gasteiger partial charge in [0.05, 0.1) is 12.9 Å². The molecule has 92 valence electrons. The molecule has 0 spiro atoms. The molecule has 1 aliphatic carbocycles. The molecule has 0 bridgehead atoms. The lowest BCUT2D eigenvalue weighted by molar-refractivity contribution is 0.116. The van der Waals surface area contributed by atoms with Gasteiger partial charge in [-0.25, -0.2) is 0 Å². The number of hydrogen-bond acceptors (Lipinski definition) is 2. The van der Waals surface area contributed by atoms with Crippen molar-refractivity contribution in [2.24, 2.45) is 17.1 Å². The van der Waals surface area contributed by atoms with Crippen molar-refractivity contribution >= 4 is 0 Å². The van der Waals surface area contributed by atoms with Crippen LogP contribution in [-0.2, 0) is 4.74 Å². The van der Waals surface area contributed by atoms with Gasteiger partial charge >= 0.3 is 0 Å². The summed E-state index contributed by atoms with van der Waals surface area (Å²) in [6.07, 6.45) is 9.51. The summed E-state index contributed by atoms with van der Waals surface area (Å²) < 4.78 is 5.42. The summed E-state index contributed by atoms with van der Waals surface area (Å²) in [5.41, 5.74) is 8.19.